The molecular formula is C14H19NO5. The maximum absolute atomic E-state index is 11.8. The van der Waals surface area contributed by atoms with E-state index in [1.807, 2.05) is 12.1 Å². The molecule has 1 atom stereocenters. The third-order valence-corrected chi connectivity index (χ3v) is 3.10. The van der Waals surface area contributed by atoms with E-state index in [2.05, 4.69) is 0 Å². The van der Waals surface area contributed by atoms with Crippen molar-refractivity contribution in [2.75, 3.05) is 27.1 Å². The zero-order valence-electron chi connectivity index (χ0n) is 11.7. The van der Waals surface area contributed by atoms with E-state index in [-0.39, 0.29) is 25.2 Å². The summed E-state index contributed by atoms with van der Waals surface area (Å²) in [5.41, 5.74) is 6.54. The van der Waals surface area contributed by atoms with Gasteiger partial charge >= 0.3 is 5.97 Å². The molecule has 1 heterocycles. The molecular weight excluding hydrogens is 262 g/mol. The lowest BCUT2D eigenvalue weighted by molar-refractivity contribution is -0.147. The highest BCUT2D eigenvalue weighted by molar-refractivity contribution is 5.73. The Morgan fingerprint density at radius 2 is 2.25 bits per heavy atom. The van der Waals surface area contributed by atoms with E-state index in [1.54, 1.807) is 14.0 Å². The van der Waals surface area contributed by atoms with Gasteiger partial charge in [-0.25, -0.2) is 0 Å². The Hall–Kier alpha value is -1.95. The summed E-state index contributed by atoms with van der Waals surface area (Å²) in [6.45, 7) is 2.53. The molecule has 0 bridgehead atoms. The van der Waals surface area contributed by atoms with E-state index >= 15 is 0 Å². The molecule has 2 N–H and O–H groups in total. The van der Waals surface area contributed by atoms with Gasteiger partial charge < -0.3 is 24.7 Å². The first-order chi connectivity index (χ1) is 9.69. The van der Waals surface area contributed by atoms with Crippen LogP contribution in [0.5, 0.6) is 17.2 Å². The largest absolute Gasteiger partial charge is 0.493 e. The van der Waals surface area contributed by atoms with Crippen LogP contribution in [-0.2, 0) is 16.0 Å². The Bertz CT molecular complexity index is 489. The number of esters is 1. The summed E-state index contributed by atoms with van der Waals surface area (Å²) >= 11 is 0. The van der Waals surface area contributed by atoms with E-state index in [1.165, 1.54) is 0 Å². The molecule has 0 amide bonds. The number of hydrogen-bond donors (Lipinski definition) is 1. The van der Waals surface area contributed by atoms with E-state index in [9.17, 15) is 4.79 Å². The molecule has 0 saturated carbocycles. The molecule has 1 aromatic carbocycles. The van der Waals surface area contributed by atoms with Crippen LogP contribution in [0.2, 0.25) is 0 Å². The van der Waals surface area contributed by atoms with Gasteiger partial charge in [-0.1, -0.05) is 0 Å². The number of hydrogen-bond acceptors (Lipinski definition) is 6. The summed E-state index contributed by atoms with van der Waals surface area (Å²) in [5.74, 6) is 1.15. The van der Waals surface area contributed by atoms with Crippen molar-refractivity contribution in [3.63, 3.8) is 0 Å². The Labute approximate surface area is 117 Å². The highest BCUT2D eigenvalue weighted by atomic mass is 16.7. The third-order valence-electron chi connectivity index (χ3n) is 3.10. The topological polar surface area (TPSA) is 80.0 Å². The minimum Gasteiger partial charge on any atom is -0.493 e. The predicted molar refractivity (Wildman–Crippen MR) is 72.0 cm³/mol. The normalized spacial score (nSPS) is 13.9. The predicted octanol–water partition coefficient (Wildman–Crippen LogP) is 1.10. The van der Waals surface area contributed by atoms with Gasteiger partial charge in [0, 0.05) is 6.54 Å². The van der Waals surface area contributed by atoms with Gasteiger partial charge in [-0.2, -0.15) is 0 Å². The number of benzene rings is 1. The monoisotopic (exact) mass is 281 g/mol. The van der Waals surface area contributed by atoms with E-state index < -0.39 is 0 Å². The minimum atomic E-state index is -0.375. The molecule has 1 unspecified atom stereocenters. The summed E-state index contributed by atoms with van der Waals surface area (Å²) in [7, 11) is 1.56. The van der Waals surface area contributed by atoms with E-state index in [0.717, 1.165) is 5.56 Å². The van der Waals surface area contributed by atoms with Crippen molar-refractivity contribution in [3.8, 4) is 17.2 Å². The van der Waals surface area contributed by atoms with Crippen LogP contribution >= 0.6 is 0 Å². The lowest BCUT2D eigenvalue weighted by Crippen LogP contribution is -2.27. The molecule has 6 heteroatoms. The van der Waals surface area contributed by atoms with Gasteiger partial charge in [0.05, 0.1) is 19.6 Å². The first-order valence-electron chi connectivity index (χ1n) is 6.52. The van der Waals surface area contributed by atoms with Crippen molar-refractivity contribution in [3.05, 3.63) is 17.7 Å². The standard InChI is InChI=1S/C14H19NO5/c1-3-18-14(16)10(7-15)4-9-5-11(17-2)13-12(6-9)19-8-20-13/h5-6,10H,3-4,7-8,15H2,1-2H3. The number of nitrogens with two attached hydrogens (primary N) is 1. The van der Waals surface area contributed by atoms with Crippen LogP contribution < -0.4 is 19.9 Å². The summed E-state index contributed by atoms with van der Waals surface area (Å²) < 4.78 is 21.0. The van der Waals surface area contributed by atoms with Crippen molar-refractivity contribution in [1.29, 1.82) is 0 Å². The molecule has 0 aliphatic carbocycles. The average Bonchev–Trinajstić information content (AvgIpc) is 2.92. The molecule has 0 fully saturated rings. The summed E-state index contributed by atoms with van der Waals surface area (Å²) in [6, 6.07) is 3.67. The number of carbonyl (C=O) groups excluding carboxylic acids is 1. The van der Waals surface area contributed by atoms with Crippen LogP contribution in [0.4, 0.5) is 0 Å². The fourth-order valence-corrected chi connectivity index (χ4v) is 2.11. The molecule has 1 aliphatic rings. The Kier molecular flexibility index (Phi) is 4.68. The quantitative estimate of drug-likeness (QED) is 0.787. The molecule has 0 spiro atoms. The zero-order valence-corrected chi connectivity index (χ0v) is 11.7. The van der Waals surface area contributed by atoms with Crippen molar-refractivity contribution >= 4 is 5.97 Å². The molecule has 1 aliphatic heterocycles. The van der Waals surface area contributed by atoms with E-state index in [4.69, 9.17) is 24.7 Å². The van der Waals surface area contributed by atoms with Gasteiger partial charge in [0.1, 0.15) is 0 Å². The molecule has 0 aromatic heterocycles. The third kappa shape index (κ3) is 2.96. The highest BCUT2D eigenvalue weighted by Crippen LogP contribution is 2.42. The molecule has 2 rings (SSSR count). The number of ether oxygens (including phenoxy) is 4. The minimum absolute atomic E-state index is 0.174. The van der Waals surface area contributed by atoms with E-state index in [0.29, 0.717) is 30.3 Å². The van der Waals surface area contributed by atoms with Gasteiger partial charge in [-0.3, -0.25) is 4.79 Å². The SMILES string of the molecule is CCOC(=O)C(CN)Cc1cc(OC)c2c(c1)OCO2. The second-order valence-electron chi connectivity index (χ2n) is 4.42. The van der Waals surface area contributed by atoms with Crippen LogP contribution in [0, 0.1) is 5.92 Å². The Balaban J connectivity index is 2.18. The zero-order chi connectivity index (χ0) is 14.5. The summed E-state index contributed by atoms with van der Waals surface area (Å²) in [5, 5.41) is 0. The first-order valence-corrected chi connectivity index (χ1v) is 6.52. The van der Waals surface area contributed by atoms with Gasteiger partial charge in [0.2, 0.25) is 12.5 Å². The van der Waals surface area contributed by atoms with Crippen molar-refractivity contribution in [2.45, 2.75) is 13.3 Å². The smallest absolute Gasteiger partial charge is 0.310 e. The molecule has 110 valence electrons. The fraction of sp³-hybridized carbons (Fsp3) is 0.500. The van der Waals surface area contributed by atoms with Gasteiger partial charge in [-0.15, -0.1) is 0 Å². The van der Waals surface area contributed by atoms with Crippen LogP contribution in [0.25, 0.3) is 0 Å². The lowest BCUT2D eigenvalue weighted by atomic mass is 9.99. The molecule has 0 radical (unpaired) electrons. The average molecular weight is 281 g/mol. The van der Waals surface area contributed by atoms with Gasteiger partial charge in [-0.05, 0) is 31.0 Å². The van der Waals surface area contributed by atoms with Gasteiger partial charge in [0.15, 0.2) is 11.5 Å². The van der Waals surface area contributed by atoms with Crippen molar-refractivity contribution < 1.29 is 23.7 Å². The molecule has 1 aromatic rings. The second kappa shape index (κ2) is 6.47. The summed E-state index contributed by atoms with van der Waals surface area (Å²) in [6.07, 6.45) is 0.475. The van der Waals surface area contributed by atoms with Crippen molar-refractivity contribution in [1.82, 2.24) is 0 Å². The Morgan fingerprint density at radius 3 is 2.90 bits per heavy atom. The van der Waals surface area contributed by atoms with Crippen LogP contribution in [0.1, 0.15) is 12.5 Å². The first kappa shape index (κ1) is 14.5. The summed E-state index contributed by atoms with van der Waals surface area (Å²) in [4.78, 5) is 11.8. The molecule has 0 saturated heterocycles. The highest BCUT2D eigenvalue weighted by Gasteiger charge is 2.23. The number of carbonyl (C=O) groups is 1. The lowest BCUT2D eigenvalue weighted by Gasteiger charge is -2.14. The van der Waals surface area contributed by atoms with Crippen LogP contribution in [0.3, 0.4) is 0 Å². The Morgan fingerprint density at radius 1 is 1.45 bits per heavy atom. The molecule has 20 heavy (non-hydrogen) atoms. The maximum Gasteiger partial charge on any atom is 0.310 e. The second-order valence-corrected chi connectivity index (χ2v) is 4.42. The number of fused-ring (bicyclic) bond motifs is 1. The maximum atomic E-state index is 11.8. The number of rotatable bonds is 6. The molecule has 6 nitrogen and oxygen atoms in total. The van der Waals surface area contributed by atoms with Gasteiger partial charge in [0.25, 0.3) is 0 Å². The van der Waals surface area contributed by atoms with Crippen LogP contribution in [0.15, 0.2) is 12.1 Å². The van der Waals surface area contributed by atoms with Crippen molar-refractivity contribution in [2.24, 2.45) is 11.7 Å². The van der Waals surface area contributed by atoms with Crippen LogP contribution in [-0.4, -0.2) is 33.0 Å². The number of methoxy groups -OCH3 is 1. The fourth-order valence-electron chi connectivity index (χ4n) is 2.11.